The van der Waals surface area contributed by atoms with Crippen LogP contribution in [0.1, 0.15) is 16.1 Å². The van der Waals surface area contributed by atoms with E-state index in [4.69, 9.17) is 11.6 Å². The zero-order valence-electron chi connectivity index (χ0n) is 13.5. The second-order valence-corrected chi connectivity index (χ2v) is 8.22. The maximum atomic E-state index is 12.3. The summed E-state index contributed by atoms with van der Waals surface area (Å²) in [5.41, 5.74) is 2.21. The first-order valence-corrected chi connectivity index (χ1v) is 9.96. The smallest absolute Gasteiger partial charge is 0.252 e. The molecule has 1 amide bonds. The predicted octanol–water partition coefficient (Wildman–Crippen LogP) is 3.20. The molecule has 0 unspecified atom stereocenters. The summed E-state index contributed by atoms with van der Waals surface area (Å²) in [7, 11) is -3.40. The summed E-state index contributed by atoms with van der Waals surface area (Å²) in [5, 5.41) is 4.11. The van der Waals surface area contributed by atoms with Crippen molar-refractivity contribution in [3.63, 3.8) is 0 Å². The molecule has 1 aromatic heterocycles. The van der Waals surface area contributed by atoms with Gasteiger partial charge in [-0.25, -0.2) is 8.42 Å². The highest BCUT2D eigenvalue weighted by molar-refractivity contribution is 7.90. The molecule has 130 valence electrons. The molecule has 0 aliphatic rings. The van der Waals surface area contributed by atoms with Crippen LogP contribution in [-0.4, -0.2) is 32.1 Å². The van der Waals surface area contributed by atoms with Gasteiger partial charge in [0.25, 0.3) is 5.91 Å². The standard InChI is InChI=1S/C18H17ClN2O3S/c1-25(23,24)14-6-7-16(19)15(11-14)18(22)20-9-8-13-10-12-4-2-3-5-17(12)21-13/h2-7,10-11,21H,8-9H2,1H3,(H,20,22). The SMILES string of the molecule is CS(=O)(=O)c1ccc(Cl)c(C(=O)NCCc2cc3ccccc3[nH]2)c1. The van der Waals surface area contributed by atoms with Crippen molar-refractivity contribution in [2.45, 2.75) is 11.3 Å². The van der Waals surface area contributed by atoms with Crippen LogP contribution in [0.5, 0.6) is 0 Å². The predicted molar refractivity (Wildman–Crippen MR) is 98.9 cm³/mol. The van der Waals surface area contributed by atoms with E-state index in [0.717, 1.165) is 22.9 Å². The Balaban J connectivity index is 1.68. The fourth-order valence-electron chi connectivity index (χ4n) is 2.58. The van der Waals surface area contributed by atoms with Crippen molar-refractivity contribution in [3.8, 4) is 0 Å². The number of para-hydroxylation sites is 1. The fraction of sp³-hybridized carbons (Fsp3) is 0.167. The van der Waals surface area contributed by atoms with E-state index >= 15 is 0 Å². The number of sulfone groups is 1. The summed E-state index contributed by atoms with van der Waals surface area (Å²) in [5.74, 6) is -0.397. The number of aromatic nitrogens is 1. The van der Waals surface area contributed by atoms with Crippen LogP contribution in [0.25, 0.3) is 10.9 Å². The van der Waals surface area contributed by atoms with Crippen molar-refractivity contribution in [2.24, 2.45) is 0 Å². The van der Waals surface area contributed by atoms with Crippen molar-refractivity contribution in [2.75, 3.05) is 12.8 Å². The number of H-pyrrole nitrogens is 1. The third kappa shape index (κ3) is 4.03. The number of benzene rings is 2. The molecule has 0 spiro atoms. The number of aromatic amines is 1. The summed E-state index contributed by atoms with van der Waals surface area (Å²) in [6.45, 7) is 0.408. The van der Waals surface area contributed by atoms with Crippen molar-refractivity contribution in [1.29, 1.82) is 0 Å². The Kier molecular flexibility index (Phi) is 4.83. The van der Waals surface area contributed by atoms with Crippen LogP contribution in [0.2, 0.25) is 5.02 Å². The Bertz CT molecular complexity index is 1010. The Morgan fingerprint density at radius 3 is 2.64 bits per heavy atom. The summed E-state index contributed by atoms with van der Waals surface area (Å²) in [4.78, 5) is 15.7. The lowest BCUT2D eigenvalue weighted by Gasteiger charge is -2.08. The Labute approximate surface area is 150 Å². The molecular formula is C18H17ClN2O3S. The van der Waals surface area contributed by atoms with E-state index in [9.17, 15) is 13.2 Å². The normalized spacial score (nSPS) is 11.6. The van der Waals surface area contributed by atoms with Crippen LogP contribution in [-0.2, 0) is 16.3 Å². The summed E-state index contributed by atoms with van der Waals surface area (Å²) in [6.07, 6.45) is 1.72. The summed E-state index contributed by atoms with van der Waals surface area (Å²) >= 11 is 6.03. The van der Waals surface area contributed by atoms with E-state index in [-0.39, 0.29) is 15.5 Å². The van der Waals surface area contributed by atoms with Gasteiger partial charge in [-0.2, -0.15) is 0 Å². The van der Waals surface area contributed by atoms with Gasteiger partial charge in [-0.15, -0.1) is 0 Å². The minimum Gasteiger partial charge on any atom is -0.358 e. The van der Waals surface area contributed by atoms with Gasteiger partial charge in [-0.05, 0) is 35.7 Å². The third-order valence-corrected chi connectivity index (χ3v) is 5.32. The van der Waals surface area contributed by atoms with E-state index in [2.05, 4.69) is 10.3 Å². The lowest BCUT2D eigenvalue weighted by molar-refractivity contribution is 0.0954. The molecule has 0 aliphatic heterocycles. The molecule has 2 N–H and O–H groups in total. The average molecular weight is 377 g/mol. The van der Waals surface area contributed by atoms with Gasteiger partial charge in [0, 0.05) is 30.4 Å². The van der Waals surface area contributed by atoms with Gasteiger partial charge in [0.15, 0.2) is 9.84 Å². The van der Waals surface area contributed by atoms with Crippen LogP contribution in [0.4, 0.5) is 0 Å². The number of hydrogen-bond acceptors (Lipinski definition) is 3. The lowest BCUT2D eigenvalue weighted by atomic mass is 10.2. The molecule has 0 saturated heterocycles. The average Bonchev–Trinajstić information content (AvgIpc) is 2.96. The highest BCUT2D eigenvalue weighted by atomic mass is 35.5. The first-order valence-electron chi connectivity index (χ1n) is 7.69. The molecule has 25 heavy (non-hydrogen) atoms. The number of carbonyl (C=O) groups is 1. The number of carbonyl (C=O) groups excluding carboxylic acids is 1. The van der Waals surface area contributed by atoms with Crippen LogP contribution in [0.15, 0.2) is 53.4 Å². The molecule has 0 atom stereocenters. The minimum absolute atomic E-state index is 0.0673. The molecule has 7 heteroatoms. The molecule has 1 heterocycles. The molecule has 0 saturated carbocycles. The van der Waals surface area contributed by atoms with Gasteiger partial charge in [-0.3, -0.25) is 4.79 Å². The zero-order valence-corrected chi connectivity index (χ0v) is 15.1. The van der Waals surface area contributed by atoms with E-state index in [1.165, 1.54) is 18.2 Å². The van der Waals surface area contributed by atoms with Crippen LogP contribution in [0.3, 0.4) is 0 Å². The second kappa shape index (κ2) is 6.90. The topological polar surface area (TPSA) is 79.0 Å². The van der Waals surface area contributed by atoms with Crippen molar-refractivity contribution in [3.05, 3.63) is 64.8 Å². The van der Waals surface area contributed by atoms with E-state index in [1.54, 1.807) is 0 Å². The summed E-state index contributed by atoms with van der Waals surface area (Å²) < 4.78 is 23.2. The first kappa shape index (κ1) is 17.5. The number of amides is 1. The number of hydrogen-bond donors (Lipinski definition) is 2. The molecule has 0 aliphatic carbocycles. The van der Waals surface area contributed by atoms with Crippen LogP contribution >= 0.6 is 11.6 Å². The molecule has 0 bridgehead atoms. The van der Waals surface area contributed by atoms with Gasteiger partial charge in [0.1, 0.15) is 0 Å². The number of halogens is 1. The largest absolute Gasteiger partial charge is 0.358 e. The monoisotopic (exact) mass is 376 g/mol. The van der Waals surface area contributed by atoms with E-state index in [1.807, 2.05) is 30.3 Å². The number of nitrogens with one attached hydrogen (secondary N) is 2. The zero-order chi connectivity index (χ0) is 18.0. The molecule has 2 aromatic carbocycles. The van der Waals surface area contributed by atoms with Gasteiger partial charge >= 0.3 is 0 Å². The maximum absolute atomic E-state index is 12.3. The molecule has 3 rings (SSSR count). The first-order chi connectivity index (χ1) is 11.8. The second-order valence-electron chi connectivity index (χ2n) is 5.80. The highest BCUT2D eigenvalue weighted by Gasteiger charge is 2.15. The van der Waals surface area contributed by atoms with Gasteiger partial charge in [0.05, 0.1) is 15.5 Å². The van der Waals surface area contributed by atoms with Crippen molar-refractivity contribution < 1.29 is 13.2 Å². The van der Waals surface area contributed by atoms with Crippen molar-refractivity contribution >= 4 is 38.2 Å². The van der Waals surface area contributed by atoms with E-state index in [0.29, 0.717) is 13.0 Å². The van der Waals surface area contributed by atoms with Gasteiger partial charge in [-0.1, -0.05) is 29.8 Å². The van der Waals surface area contributed by atoms with Crippen LogP contribution in [0, 0.1) is 0 Å². The Morgan fingerprint density at radius 1 is 1.16 bits per heavy atom. The Hall–Kier alpha value is -2.31. The lowest BCUT2D eigenvalue weighted by Crippen LogP contribution is -2.26. The Morgan fingerprint density at radius 2 is 1.92 bits per heavy atom. The van der Waals surface area contributed by atoms with Crippen molar-refractivity contribution in [1.82, 2.24) is 10.3 Å². The molecule has 0 fully saturated rings. The third-order valence-electron chi connectivity index (χ3n) is 3.88. The maximum Gasteiger partial charge on any atom is 0.252 e. The fourth-order valence-corrected chi connectivity index (χ4v) is 3.43. The summed E-state index contributed by atoms with van der Waals surface area (Å²) in [6, 6.07) is 14.1. The highest BCUT2D eigenvalue weighted by Crippen LogP contribution is 2.20. The molecule has 5 nitrogen and oxygen atoms in total. The quantitative estimate of drug-likeness (QED) is 0.717. The van der Waals surface area contributed by atoms with E-state index < -0.39 is 15.7 Å². The van der Waals surface area contributed by atoms with Gasteiger partial charge in [0.2, 0.25) is 0 Å². The number of fused-ring (bicyclic) bond motifs is 1. The number of rotatable bonds is 5. The van der Waals surface area contributed by atoms with Crippen LogP contribution < -0.4 is 5.32 Å². The molecule has 3 aromatic rings. The minimum atomic E-state index is -3.40. The van der Waals surface area contributed by atoms with Gasteiger partial charge < -0.3 is 10.3 Å². The molecular weight excluding hydrogens is 360 g/mol. The molecule has 0 radical (unpaired) electrons.